The average molecular weight is 417 g/mol. The lowest BCUT2D eigenvalue weighted by Gasteiger charge is -2.25. The molecule has 2 aromatic rings. The van der Waals surface area contributed by atoms with E-state index in [-0.39, 0.29) is 10.6 Å². The number of aromatic nitrogens is 1. The lowest BCUT2D eigenvalue weighted by atomic mass is 10.1. The van der Waals surface area contributed by atoms with Crippen LogP contribution in [0.5, 0.6) is 0 Å². The third kappa shape index (κ3) is 4.77. The fraction of sp³-hybridized carbons (Fsp3) is 0.368. The molecule has 0 saturated carbocycles. The van der Waals surface area contributed by atoms with Crippen molar-refractivity contribution in [2.45, 2.75) is 38.0 Å². The van der Waals surface area contributed by atoms with E-state index >= 15 is 0 Å². The summed E-state index contributed by atoms with van der Waals surface area (Å²) in [5.74, 6) is 0.378. The first kappa shape index (κ1) is 20.9. The molecule has 1 saturated heterocycles. The van der Waals surface area contributed by atoms with Crippen LogP contribution in [-0.2, 0) is 10.0 Å². The molecule has 3 rings (SSSR count). The molecule has 154 valence electrons. The minimum absolute atomic E-state index is 0.0300. The second-order valence-corrected chi connectivity index (χ2v) is 8.85. The first-order chi connectivity index (χ1) is 13.8. The van der Waals surface area contributed by atoms with Gasteiger partial charge in [-0.1, -0.05) is 18.6 Å². The van der Waals surface area contributed by atoms with Crippen LogP contribution in [0.25, 0.3) is 0 Å². The van der Waals surface area contributed by atoms with Crippen LogP contribution < -0.4 is 5.43 Å². The molecule has 0 spiro atoms. The molecule has 1 N–H and O–H groups in total. The molecule has 10 heteroatoms. The van der Waals surface area contributed by atoms with Gasteiger partial charge in [0, 0.05) is 36.5 Å². The largest absolute Gasteiger partial charge is 0.272 e. The van der Waals surface area contributed by atoms with E-state index in [1.165, 1.54) is 22.6 Å². The minimum Gasteiger partial charge on any atom is -0.261 e. The van der Waals surface area contributed by atoms with Crippen molar-refractivity contribution in [2.24, 2.45) is 5.10 Å². The van der Waals surface area contributed by atoms with Crippen molar-refractivity contribution in [3.63, 3.8) is 0 Å². The summed E-state index contributed by atoms with van der Waals surface area (Å²) in [5.41, 5.74) is 4.52. The van der Waals surface area contributed by atoms with Crippen molar-refractivity contribution < 1.29 is 13.3 Å². The topological polar surface area (TPSA) is 118 Å². The highest BCUT2D eigenvalue weighted by Crippen LogP contribution is 2.22. The number of nitro groups is 1. The number of hydrazone groups is 1. The van der Waals surface area contributed by atoms with Gasteiger partial charge in [-0.15, -0.1) is 0 Å². The van der Waals surface area contributed by atoms with E-state index in [2.05, 4.69) is 15.5 Å². The zero-order valence-corrected chi connectivity index (χ0v) is 17.1. The Hall–Kier alpha value is -2.85. The number of nitro benzene ring substituents is 1. The van der Waals surface area contributed by atoms with E-state index < -0.39 is 14.9 Å². The first-order valence-electron chi connectivity index (χ1n) is 9.31. The van der Waals surface area contributed by atoms with Crippen LogP contribution in [0.4, 0.5) is 11.5 Å². The summed E-state index contributed by atoms with van der Waals surface area (Å²) in [6, 6.07) is 7.94. The number of anilines is 1. The predicted molar refractivity (Wildman–Crippen MR) is 111 cm³/mol. The van der Waals surface area contributed by atoms with Gasteiger partial charge in [-0.2, -0.15) is 9.41 Å². The van der Waals surface area contributed by atoms with Gasteiger partial charge in [-0.3, -0.25) is 15.5 Å². The number of aryl methyl sites for hydroxylation is 1. The van der Waals surface area contributed by atoms with Crippen molar-refractivity contribution in [1.82, 2.24) is 9.29 Å². The van der Waals surface area contributed by atoms with Gasteiger partial charge in [0.1, 0.15) is 10.7 Å². The Morgan fingerprint density at radius 2 is 1.93 bits per heavy atom. The maximum atomic E-state index is 12.6. The van der Waals surface area contributed by atoms with Gasteiger partial charge in [-0.25, -0.2) is 13.4 Å². The summed E-state index contributed by atoms with van der Waals surface area (Å²) >= 11 is 0. The Kier molecular flexibility index (Phi) is 6.23. The van der Waals surface area contributed by atoms with E-state index in [1.54, 1.807) is 32.0 Å². The number of nitrogens with zero attached hydrogens (tertiary/aromatic N) is 4. The number of sulfonamides is 1. The summed E-state index contributed by atoms with van der Waals surface area (Å²) < 4.78 is 26.8. The molecule has 1 fully saturated rings. The highest BCUT2D eigenvalue weighted by atomic mass is 32.2. The molecule has 1 aromatic heterocycles. The second kappa shape index (κ2) is 8.66. The lowest BCUT2D eigenvalue weighted by molar-refractivity contribution is -0.385. The van der Waals surface area contributed by atoms with E-state index in [9.17, 15) is 18.5 Å². The molecule has 1 aliphatic rings. The summed E-state index contributed by atoms with van der Waals surface area (Å²) in [6.45, 7) is 4.47. The van der Waals surface area contributed by atoms with Crippen LogP contribution in [0.15, 0.2) is 46.5 Å². The van der Waals surface area contributed by atoms with Gasteiger partial charge in [0.2, 0.25) is 10.0 Å². The Morgan fingerprint density at radius 3 is 2.55 bits per heavy atom. The van der Waals surface area contributed by atoms with Crippen LogP contribution in [0, 0.1) is 17.0 Å². The molecule has 0 unspecified atom stereocenters. The molecule has 0 amide bonds. The van der Waals surface area contributed by atoms with Crippen molar-refractivity contribution in [3.05, 3.63) is 57.8 Å². The molecule has 0 aliphatic carbocycles. The second-order valence-electron chi connectivity index (χ2n) is 6.91. The van der Waals surface area contributed by atoms with Gasteiger partial charge in [0.15, 0.2) is 0 Å². The maximum absolute atomic E-state index is 12.6. The van der Waals surface area contributed by atoms with Crippen LogP contribution in [0.1, 0.15) is 37.3 Å². The SMILES string of the molecule is C/C(=N\Nc1ccc(S(=O)(=O)N2CCCCC2)cn1)c1ccc(C)c([N+](=O)[O-])c1. The first-order valence-corrected chi connectivity index (χ1v) is 10.7. The average Bonchev–Trinajstić information content (AvgIpc) is 2.73. The van der Waals surface area contributed by atoms with Gasteiger partial charge < -0.3 is 0 Å². The fourth-order valence-corrected chi connectivity index (χ4v) is 4.55. The summed E-state index contributed by atoms with van der Waals surface area (Å²) in [7, 11) is -3.53. The molecule has 9 nitrogen and oxygen atoms in total. The Bertz CT molecular complexity index is 1030. The van der Waals surface area contributed by atoms with E-state index in [0.29, 0.717) is 35.7 Å². The molecular weight excluding hydrogens is 394 g/mol. The van der Waals surface area contributed by atoms with Crippen LogP contribution in [-0.4, -0.2) is 41.4 Å². The van der Waals surface area contributed by atoms with Gasteiger partial charge in [-0.05, 0) is 38.8 Å². The summed E-state index contributed by atoms with van der Waals surface area (Å²) in [5, 5.41) is 15.3. The van der Waals surface area contributed by atoms with Gasteiger partial charge in [0.25, 0.3) is 5.69 Å². The number of rotatable bonds is 6. The third-order valence-corrected chi connectivity index (χ3v) is 6.73. The molecule has 1 aromatic carbocycles. The minimum atomic E-state index is -3.53. The quantitative estimate of drug-likeness (QED) is 0.438. The van der Waals surface area contributed by atoms with Crippen LogP contribution in [0.2, 0.25) is 0 Å². The van der Waals surface area contributed by atoms with Crippen molar-refractivity contribution in [1.29, 1.82) is 0 Å². The number of hydrogen-bond donors (Lipinski definition) is 1. The molecule has 0 atom stereocenters. The zero-order chi connectivity index (χ0) is 21.0. The van der Waals surface area contributed by atoms with E-state index in [0.717, 1.165) is 19.3 Å². The number of hydrogen-bond acceptors (Lipinski definition) is 7. The van der Waals surface area contributed by atoms with E-state index in [1.807, 2.05) is 0 Å². The van der Waals surface area contributed by atoms with Crippen molar-refractivity contribution in [2.75, 3.05) is 18.5 Å². The van der Waals surface area contributed by atoms with Gasteiger partial charge >= 0.3 is 0 Å². The summed E-state index contributed by atoms with van der Waals surface area (Å²) in [4.78, 5) is 14.9. The highest BCUT2D eigenvalue weighted by molar-refractivity contribution is 7.89. The van der Waals surface area contributed by atoms with Crippen molar-refractivity contribution >= 4 is 27.2 Å². The number of pyridine rings is 1. The Morgan fingerprint density at radius 1 is 1.21 bits per heavy atom. The molecule has 1 aliphatic heterocycles. The predicted octanol–water partition coefficient (Wildman–Crippen LogP) is 3.31. The maximum Gasteiger partial charge on any atom is 0.272 e. The standard InChI is InChI=1S/C19H23N5O4S/c1-14-6-7-16(12-18(14)24(25)26)15(2)21-22-19-9-8-17(13-20-19)29(27,28)23-10-4-3-5-11-23/h6-9,12-13H,3-5,10-11H2,1-2H3,(H,20,22)/b21-15+. The molecule has 2 heterocycles. The van der Waals surface area contributed by atoms with Crippen molar-refractivity contribution in [3.8, 4) is 0 Å². The van der Waals surface area contributed by atoms with Crippen LogP contribution in [0.3, 0.4) is 0 Å². The number of piperidine rings is 1. The Balaban J connectivity index is 1.73. The van der Waals surface area contributed by atoms with Crippen LogP contribution >= 0.6 is 0 Å². The molecule has 0 radical (unpaired) electrons. The Labute approximate surface area is 169 Å². The molecular formula is C19H23N5O4S. The smallest absolute Gasteiger partial charge is 0.261 e. The monoisotopic (exact) mass is 417 g/mol. The number of benzene rings is 1. The molecule has 0 bridgehead atoms. The molecule has 29 heavy (non-hydrogen) atoms. The lowest BCUT2D eigenvalue weighted by Crippen LogP contribution is -2.35. The van der Waals surface area contributed by atoms with E-state index in [4.69, 9.17) is 0 Å². The normalized spacial score (nSPS) is 15.9. The highest BCUT2D eigenvalue weighted by Gasteiger charge is 2.26. The summed E-state index contributed by atoms with van der Waals surface area (Å²) in [6.07, 6.45) is 4.11. The fourth-order valence-electron chi connectivity index (χ4n) is 3.09. The number of nitrogens with one attached hydrogen (secondary N) is 1. The third-order valence-electron chi connectivity index (χ3n) is 4.85. The van der Waals surface area contributed by atoms with Gasteiger partial charge in [0.05, 0.1) is 10.6 Å². The zero-order valence-electron chi connectivity index (χ0n) is 16.3.